The molecule has 0 bridgehead atoms. The predicted octanol–water partition coefficient (Wildman–Crippen LogP) is 1.47. The van der Waals surface area contributed by atoms with E-state index in [-0.39, 0.29) is 23.2 Å². The van der Waals surface area contributed by atoms with Crippen molar-refractivity contribution in [3.05, 3.63) is 29.6 Å². The van der Waals surface area contributed by atoms with Crippen LogP contribution < -0.4 is 5.73 Å². The van der Waals surface area contributed by atoms with Crippen LogP contribution >= 0.6 is 0 Å². The summed E-state index contributed by atoms with van der Waals surface area (Å²) in [7, 11) is -3.66. The van der Waals surface area contributed by atoms with Crippen LogP contribution in [0.3, 0.4) is 0 Å². The Kier molecular flexibility index (Phi) is 4.10. The van der Waals surface area contributed by atoms with Crippen molar-refractivity contribution in [3.8, 4) is 0 Å². The number of benzene rings is 1. The molecule has 1 aliphatic rings. The Hall–Kier alpha value is -1.47. The van der Waals surface area contributed by atoms with Gasteiger partial charge in [0.1, 0.15) is 5.82 Å². The molecule has 0 aromatic heterocycles. The molecule has 110 valence electrons. The molecular formula is C13H18FN3O2S. The van der Waals surface area contributed by atoms with E-state index >= 15 is 0 Å². The first kappa shape index (κ1) is 14.9. The zero-order valence-electron chi connectivity index (χ0n) is 11.3. The van der Waals surface area contributed by atoms with Crippen molar-refractivity contribution in [1.29, 1.82) is 5.41 Å². The normalized spacial score (nSPS) is 20.8. The van der Waals surface area contributed by atoms with Crippen LogP contribution in [-0.2, 0) is 10.0 Å². The minimum atomic E-state index is -3.66. The molecule has 3 N–H and O–H groups in total. The van der Waals surface area contributed by atoms with Gasteiger partial charge in [0.25, 0.3) is 0 Å². The number of sulfonamides is 1. The van der Waals surface area contributed by atoms with Gasteiger partial charge in [0.15, 0.2) is 0 Å². The summed E-state index contributed by atoms with van der Waals surface area (Å²) in [6, 6.07) is 3.64. The topological polar surface area (TPSA) is 87.2 Å². The van der Waals surface area contributed by atoms with Gasteiger partial charge < -0.3 is 5.73 Å². The SMILES string of the molecule is Cc1cc(F)ccc1S(=O)(=O)N1CCCC(C(=N)N)C1. The molecular weight excluding hydrogens is 281 g/mol. The van der Waals surface area contributed by atoms with Gasteiger partial charge in [-0.25, -0.2) is 12.8 Å². The zero-order chi connectivity index (χ0) is 14.9. The first-order valence-corrected chi connectivity index (χ1v) is 7.86. The maximum absolute atomic E-state index is 13.1. The Morgan fingerprint density at radius 2 is 2.20 bits per heavy atom. The summed E-state index contributed by atoms with van der Waals surface area (Å²) in [5.74, 6) is -0.679. The molecule has 1 aromatic rings. The lowest BCUT2D eigenvalue weighted by Crippen LogP contribution is -2.44. The number of amidine groups is 1. The summed E-state index contributed by atoms with van der Waals surface area (Å²) in [6.07, 6.45) is 1.40. The van der Waals surface area contributed by atoms with Gasteiger partial charge in [0.05, 0.1) is 10.7 Å². The van der Waals surface area contributed by atoms with Crippen LogP contribution in [0.2, 0.25) is 0 Å². The van der Waals surface area contributed by atoms with Crippen LogP contribution in [-0.4, -0.2) is 31.6 Å². The van der Waals surface area contributed by atoms with E-state index in [1.54, 1.807) is 6.92 Å². The number of hydrogen-bond donors (Lipinski definition) is 2. The molecule has 1 heterocycles. The third-order valence-electron chi connectivity index (χ3n) is 3.58. The van der Waals surface area contributed by atoms with Gasteiger partial charge >= 0.3 is 0 Å². The highest BCUT2D eigenvalue weighted by Gasteiger charge is 2.32. The van der Waals surface area contributed by atoms with Crippen LogP contribution in [0.4, 0.5) is 4.39 Å². The Balaban J connectivity index is 2.32. The Morgan fingerprint density at radius 1 is 1.50 bits per heavy atom. The fourth-order valence-electron chi connectivity index (χ4n) is 2.46. The minimum absolute atomic E-state index is 0.0146. The summed E-state index contributed by atoms with van der Waals surface area (Å²) in [6.45, 7) is 2.19. The van der Waals surface area contributed by atoms with E-state index in [4.69, 9.17) is 11.1 Å². The van der Waals surface area contributed by atoms with Crippen LogP contribution in [0.25, 0.3) is 0 Å². The van der Waals surface area contributed by atoms with Gasteiger partial charge in [0.2, 0.25) is 10.0 Å². The molecule has 1 aliphatic heterocycles. The molecule has 5 nitrogen and oxygen atoms in total. The number of aryl methyl sites for hydroxylation is 1. The Bertz CT molecular complexity index is 631. The van der Waals surface area contributed by atoms with E-state index in [2.05, 4.69) is 0 Å². The predicted molar refractivity (Wildman–Crippen MR) is 74.5 cm³/mol. The number of rotatable bonds is 3. The van der Waals surface area contributed by atoms with Crippen LogP contribution in [0.1, 0.15) is 18.4 Å². The van der Waals surface area contributed by atoms with Crippen molar-refractivity contribution in [3.63, 3.8) is 0 Å². The molecule has 0 spiro atoms. The van der Waals surface area contributed by atoms with Crippen molar-refractivity contribution in [2.75, 3.05) is 13.1 Å². The van der Waals surface area contributed by atoms with Crippen LogP contribution in [0.5, 0.6) is 0 Å². The fourth-order valence-corrected chi connectivity index (χ4v) is 4.19. The molecule has 2 rings (SSSR count). The highest BCUT2D eigenvalue weighted by molar-refractivity contribution is 7.89. The molecule has 0 amide bonds. The Labute approximate surface area is 118 Å². The van der Waals surface area contributed by atoms with E-state index in [1.165, 1.54) is 16.4 Å². The smallest absolute Gasteiger partial charge is 0.243 e. The summed E-state index contributed by atoms with van der Waals surface area (Å²) < 4.78 is 39.6. The highest BCUT2D eigenvalue weighted by Crippen LogP contribution is 2.25. The minimum Gasteiger partial charge on any atom is -0.387 e. The number of hydrogen-bond acceptors (Lipinski definition) is 3. The molecule has 1 fully saturated rings. The van der Waals surface area contributed by atoms with Gasteiger partial charge in [0, 0.05) is 19.0 Å². The average Bonchev–Trinajstić information content (AvgIpc) is 2.38. The molecule has 1 aromatic carbocycles. The lowest BCUT2D eigenvalue weighted by atomic mass is 9.99. The number of nitrogens with one attached hydrogen (secondary N) is 1. The third kappa shape index (κ3) is 2.83. The second kappa shape index (κ2) is 5.49. The molecule has 0 saturated carbocycles. The fraction of sp³-hybridized carbons (Fsp3) is 0.462. The molecule has 0 aliphatic carbocycles. The van der Waals surface area contributed by atoms with Gasteiger partial charge in [-0.15, -0.1) is 0 Å². The van der Waals surface area contributed by atoms with Crippen molar-refractivity contribution in [2.24, 2.45) is 11.7 Å². The number of piperidine rings is 1. The van der Waals surface area contributed by atoms with Crippen molar-refractivity contribution >= 4 is 15.9 Å². The van der Waals surface area contributed by atoms with Gasteiger partial charge in [-0.1, -0.05) is 0 Å². The second-order valence-electron chi connectivity index (χ2n) is 5.07. The van der Waals surface area contributed by atoms with E-state index < -0.39 is 15.8 Å². The Morgan fingerprint density at radius 3 is 2.80 bits per heavy atom. The molecule has 1 unspecified atom stereocenters. The maximum Gasteiger partial charge on any atom is 0.243 e. The quantitative estimate of drug-likeness (QED) is 0.654. The summed E-state index contributed by atoms with van der Waals surface area (Å²) in [5.41, 5.74) is 5.86. The summed E-state index contributed by atoms with van der Waals surface area (Å²) in [4.78, 5) is 0.114. The molecule has 7 heteroatoms. The molecule has 1 atom stereocenters. The first-order chi connectivity index (χ1) is 9.32. The van der Waals surface area contributed by atoms with Crippen molar-refractivity contribution < 1.29 is 12.8 Å². The number of halogens is 1. The second-order valence-corrected chi connectivity index (χ2v) is 6.97. The zero-order valence-corrected chi connectivity index (χ0v) is 12.1. The van der Waals surface area contributed by atoms with Gasteiger partial charge in [-0.2, -0.15) is 4.31 Å². The van der Waals surface area contributed by atoms with Crippen LogP contribution in [0, 0.1) is 24.1 Å². The number of nitrogens with zero attached hydrogens (tertiary/aromatic N) is 1. The molecule has 20 heavy (non-hydrogen) atoms. The number of nitrogens with two attached hydrogens (primary N) is 1. The van der Waals surface area contributed by atoms with Gasteiger partial charge in [-0.05, 0) is 43.5 Å². The van der Waals surface area contributed by atoms with E-state index in [9.17, 15) is 12.8 Å². The lowest BCUT2D eigenvalue weighted by Gasteiger charge is -2.31. The molecule has 0 radical (unpaired) electrons. The van der Waals surface area contributed by atoms with E-state index in [0.29, 0.717) is 18.5 Å². The highest BCUT2D eigenvalue weighted by atomic mass is 32.2. The van der Waals surface area contributed by atoms with Crippen molar-refractivity contribution in [1.82, 2.24) is 4.31 Å². The maximum atomic E-state index is 13.1. The average molecular weight is 299 g/mol. The summed E-state index contributed by atoms with van der Waals surface area (Å²) >= 11 is 0. The third-order valence-corrected chi connectivity index (χ3v) is 5.60. The van der Waals surface area contributed by atoms with Crippen molar-refractivity contribution in [2.45, 2.75) is 24.7 Å². The van der Waals surface area contributed by atoms with E-state index in [1.807, 2.05) is 0 Å². The largest absolute Gasteiger partial charge is 0.387 e. The molecule has 1 saturated heterocycles. The monoisotopic (exact) mass is 299 g/mol. The lowest BCUT2D eigenvalue weighted by molar-refractivity contribution is 0.310. The van der Waals surface area contributed by atoms with E-state index in [0.717, 1.165) is 12.5 Å². The summed E-state index contributed by atoms with van der Waals surface area (Å²) in [5, 5.41) is 7.47. The van der Waals surface area contributed by atoms with Crippen LogP contribution in [0.15, 0.2) is 23.1 Å². The first-order valence-electron chi connectivity index (χ1n) is 6.42. The standard InChI is InChI=1S/C13H18FN3O2S/c1-9-7-11(14)4-5-12(9)20(18,19)17-6-2-3-10(8-17)13(15)16/h4-5,7,10H,2-3,6,8H2,1H3,(H3,15,16). The van der Waals surface area contributed by atoms with Gasteiger partial charge in [-0.3, -0.25) is 5.41 Å².